The van der Waals surface area contributed by atoms with Crippen LogP contribution in [0.25, 0.3) is 11.4 Å². The number of likely N-dealkylation sites (tertiary alicyclic amines) is 1. The van der Waals surface area contributed by atoms with Crippen LogP contribution in [0.2, 0.25) is 0 Å². The minimum atomic E-state index is -0.325. The highest BCUT2D eigenvalue weighted by atomic mass is 32.1. The number of carbonyl (C=O) groups is 2. The van der Waals surface area contributed by atoms with Crippen LogP contribution >= 0.6 is 11.3 Å². The summed E-state index contributed by atoms with van der Waals surface area (Å²) in [7, 11) is 3.18. The molecule has 0 N–H and O–H groups in total. The first kappa shape index (κ1) is 23.9. The van der Waals surface area contributed by atoms with Crippen molar-refractivity contribution in [2.24, 2.45) is 0 Å². The number of thiophene rings is 1. The van der Waals surface area contributed by atoms with E-state index in [0.29, 0.717) is 42.0 Å². The van der Waals surface area contributed by atoms with E-state index in [4.69, 9.17) is 14.0 Å². The number of amides is 2. The van der Waals surface area contributed by atoms with Crippen LogP contribution in [0.4, 0.5) is 0 Å². The summed E-state index contributed by atoms with van der Waals surface area (Å²) >= 11 is 1.36. The van der Waals surface area contributed by atoms with E-state index in [1.165, 1.54) is 11.3 Å². The second-order valence-electron chi connectivity index (χ2n) is 7.98. The fourth-order valence-corrected chi connectivity index (χ4v) is 4.69. The molecule has 3 aromatic rings. The topological polar surface area (TPSA) is 98.0 Å². The third-order valence-electron chi connectivity index (χ3n) is 5.79. The lowest BCUT2D eigenvalue weighted by Gasteiger charge is -2.35. The van der Waals surface area contributed by atoms with Crippen LogP contribution in [0.5, 0.6) is 5.75 Å². The molecule has 34 heavy (non-hydrogen) atoms. The van der Waals surface area contributed by atoms with Gasteiger partial charge in [0.25, 0.3) is 5.91 Å². The minimum absolute atomic E-state index is 0.0343. The summed E-state index contributed by atoms with van der Waals surface area (Å²) in [6.45, 7) is 1.22. The number of ether oxygens (including phenoxy) is 2. The lowest BCUT2D eigenvalue weighted by molar-refractivity contribution is -0.136. The molecule has 4 rings (SSSR count). The van der Waals surface area contributed by atoms with Gasteiger partial charge in [-0.1, -0.05) is 23.4 Å². The molecule has 0 radical (unpaired) electrons. The van der Waals surface area contributed by atoms with Gasteiger partial charge in [-0.25, -0.2) is 0 Å². The van der Waals surface area contributed by atoms with Crippen molar-refractivity contribution in [1.82, 2.24) is 19.9 Å². The van der Waals surface area contributed by atoms with Gasteiger partial charge in [0.05, 0.1) is 18.6 Å². The summed E-state index contributed by atoms with van der Waals surface area (Å²) < 4.78 is 16.0. The van der Waals surface area contributed by atoms with Crippen molar-refractivity contribution in [2.45, 2.75) is 25.3 Å². The maximum absolute atomic E-state index is 13.4. The molecule has 1 fully saturated rings. The Kier molecular flexibility index (Phi) is 7.91. The zero-order valence-corrected chi connectivity index (χ0v) is 20.1. The Hall–Kier alpha value is -3.24. The zero-order valence-electron chi connectivity index (χ0n) is 19.3. The van der Waals surface area contributed by atoms with Gasteiger partial charge in [-0.2, -0.15) is 4.98 Å². The number of rotatable bonds is 9. The molecule has 2 amide bonds. The van der Waals surface area contributed by atoms with Crippen molar-refractivity contribution in [1.29, 1.82) is 0 Å². The first-order valence-electron chi connectivity index (χ1n) is 11.2. The number of methoxy groups -OCH3 is 2. The highest BCUT2D eigenvalue weighted by Gasteiger charge is 2.33. The third-order valence-corrected chi connectivity index (χ3v) is 6.65. The fraction of sp³-hybridized carbons (Fsp3) is 0.417. The van der Waals surface area contributed by atoms with Crippen LogP contribution in [-0.2, 0) is 9.53 Å². The predicted octanol–water partition coefficient (Wildman–Crippen LogP) is 3.65. The third kappa shape index (κ3) is 5.45. The molecule has 1 atom stereocenters. The van der Waals surface area contributed by atoms with E-state index in [-0.39, 0.29) is 24.4 Å². The Morgan fingerprint density at radius 3 is 2.88 bits per heavy atom. The number of hydrogen-bond acceptors (Lipinski definition) is 8. The largest absolute Gasteiger partial charge is 0.497 e. The molecular formula is C24H28N4O5S. The summed E-state index contributed by atoms with van der Waals surface area (Å²) in [5.74, 6) is 1.23. The van der Waals surface area contributed by atoms with Gasteiger partial charge in [-0.05, 0) is 42.8 Å². The molecular weight excluding hydrogens is 456 g/mol. The van der Waals surface area contributed by atoms with E-state index >= 15 is 0 Å². The van der Waals surface area contributed by atoms with Crippen LogP contribution in [0, 0.1) is 0 Å². The van der Waals surface area contributed by atoms with Gasteiger partial charge in [0.2, 0.25) is 17.6 Å². The maximum atomic E-state index is 13.4. The zero-order chi connectivity index (χ0) is 23.9. The van der Waals surface area contributed by atoms with Crippen molar-refractivity contribution in [3.05, 3.63) is 52.5 Å². The van der Waals surface area contributed by atoms with Gasteiger partial charge in [-0.15, -0.1) is 11.3 Å². The number of nitrogens with zero attached hydrogens (tertiary/aromatic N) is 4. The number of piperidine rings is 1. The molecule has 1 saturated heterocycles. The van der Waals surface area contributed by atoms with Gasteiger partial charge in [0, 0.05) is 25.8 Å². The van der Waals surface area contributed by atoms with Crippen molar-refractivity contribution in [3.8, 4) is 17.1 Å². The number of hydrogen-bond donors (Lipinski definition) is 0. The van der Waals surface area contributed by atoms with Crippen LogP contribution in [-0.4, -0.2) is 72.2 Å². The molecule has 2 aromatic heterocycles. The summed E-state index contributed by atoms with van der Waals surface area (Å²) in [5.41, 5.74) is 0.773. The van der Waals surface area contributed by atoms with Crippen LogP contribution in [0.15, 0.2) is 46.3 Å². The van der Waals surface area contributed by atoms with Crippen molar-refractivity contribution in [2.75, 3.05) is 40.5 Å². The molecule has 10 heteroatoms. The second-order valence-corrected chi connectivity index (χ2v) is 8.93. The average molecular weight is 485 g/mol. The molecule has 0 aliphatic carbocycles. The van der Waals surface area contributed by atoms with Gasteiger partial charge >= 0.3 is 0 Å². The molecule has 0 bridgehead atoms. The van der Waals surface area contributed by atoms with Gasteiger partial charge in [-0.3, -0.25) is 9.59 Å². The van der Waals surface area contributed by atoms with Crippen LogP contribution in [0.1, 0.15) is 40.9 Å². The molecule has 3 heterocycles. The normalized spacial score (nSPS) is 15.8. The number of benzene rings is 1. The monoisotopic (exact) mass is 484 g/mol. The highest BCUT2D eigenvalue weighted by Crippen LogP contribution is 2.32. The number of carbonyl (C=O) groups excluding carboxylic acids is 2. The van der Waals surface area contributed by atoms with Gasteiger partial charge < -0.3 is 23.8 Å². The van der Waals surface area contributed by atoms with Crippen molar-refractivity contribution >= 4 is 23.2 Å². The molecule has 0 spiro atoms. The summed E-state index contributed by atoms with van der Waals surface area (Å²) in [5, 5.41) is 5.98. The lowest BCUT2D eigenvalue weighted by atomic mass is 10.0. The number of aromatic nitrogens is 2. The van der Waals surface area contributed by atoms with E-state index in [1.807, 2.05) is 35.7 Å². The second kappa shape index (κ2) is 11.3. The first-order chi connectivity index (χ1) is 16.6. The molecule has 1 aliphatic rings. The van der Waals surface area contributed by atoms with E-state index < -0.39 is 0 Å². The Morgan fingerprint density at radius 2 is 2.12 bits per heavy atom. The van der Waals surface area contributed by atoms with Crippen molar-refractivity contribution < 1.29 is 23.6 Å². The molecule has 1 aromatic carbocycles. The molecule has 1 aliphatic heterocycles. The highest BCUT2D eigenvalue weighted by molar-refractivity contribution is 7.12. The lowest BCUT2D eigenvalue weighted by Crippen LogP contribution is -2.46. The van der Waals surface area contributed by atoms with Gasteiger partial charge in [0.15, 0.2) is 0 Å². The van der Waals surface area contributed by atoms with Crippen molar-refractivity contribution in [3.63, 3.8) is 0 Å². The summed E-state index contributed by atoms with van der Waals surface area (Å²) in [4.78, 5) is 34.8. The standard InChI is InChI=1S/C24H28N4O5S/c1-31-13-12-27(24(30)20-10-6-14-34-20)16-21(29)28-11-4-3-9-19(28)23-25-22(26-33-23)17-7-5-8-18(15-17)32-2/h5-8,10,14-15,19H,3-4,9,11-13,16H2,1-2H3. The van der Waals surface area contributed by atoms with Crippen LogP contribution in [0.3, 0.4) is 0 Å². The Labute approximate surface area is 202 Å². The summed E-state index contributed by atoms with van der Waals surface area (Å²) in [6.07, 6.45) is 2.56. The smallest absolute Gasteiger partial charge is 0.264 e. The molecule has 0 saturated carbocycles. The van der Waals surface area contributed by atoms with E-state index in [2.05, 4.69) is 10.1 Å². The quantitative estimate of drug-likeness (QED) is 0.457. The molecule has 9 nitrogen and oxygen atoms in total. The predicted molar refractivity (Wildman–Crippen MR) is 127 cm³/mol. The van der Waals surface area contributed by atoms with Gasteiger partial charge in [0.1, 0.15) is 18.3 Å². The maximum Gasteiger partial charge on any atom is 0.264 e. The Balaban J connectivity index is 1.51. The molecule has 1 unspecified atom stereocenters. The first-order valence-corrected chi connectivity index (χ1v) is 12.1. The van der Waals surface area contributed by atoms with E-state index in [9.17, 15) is 9.59 Å². The minimum Gasteiger partial charge on any atom is -0.497 e. The molecule has 180 valence electrons. The van der Waals surface area contributed by atoms with Crippen LogP contribution < -0.4 is 4.74 Å². The SMILES string of the molecule is COCCN(CC(=O)N1CCCCC1c1nc(-c2cccc(OC)c2)no1)C(=O)c1cccs1. The fourth-order valence-electron chi connectivity index (χ4n) is 4.00. The van der Waals surface area contributed by atoms with E-state index in [0.717, 1.165) is 24.8 Å². The summed E-state index contributed by atoms with van der Waals surface area (Å²) in [6, 6.07) is 10.7. The Morgan fingerprint density at radius 1 is 1.24 bits per heavy atom. The van der Waals surface area contributed by atoms with E-state index in [1.54, 1.807) is 30.1 Å². The Bertz CT molecular complexity index is 1100. The average Bonchev–Trinajstić information content (AvgIpc) is 3.59.